The summed E-state index contributed by atoms with van der Waals surface area (Å²) in [5.74, 6) is 0.213. The predicted octanol–water partition coefficient (Wildman–Crippen LogP) is 1.96. The maximum absolute atomic E-state index is 11.9. The summed E-state index contributed by atoms with van der Waals surface area (Å²) in [6, 6.07) is 5.54. The molecule has 0 amide bonds. The van der Waals surface area contributed by atoms with Gasteiger partial charge in [0.2, 0.25) is 0 Å². The van der Waals surface area contributed by atoms with E-state index in [1.165, 1.54) is 0 Å². The van der Waals surface area contributed by atoms with Crippen LogP contribution in [0.4, 0.5) is 0 Å². The molecule has 0 radical (unpaired) electrons. The van der Waals surface area contributed by atoms with Gasteiger partial charge in [-0.2, -0.15) is 0 Å². The molecule has 0 saturated carbocycles. The van der Waals surface area contributed by atoms with E-state index in [1.54, 1.807) is 14.2 Å². The van der Waals surface area contributed by atoms with Gasteiger partial charge in [-0.15, -0.1) is 0 Å². The van der Waals surface area contributed by atoms with Crippen LogP contribution < -0.4 is 9.47 Å². The Labute approximate surface area is 121 Å². The van der Waals surface area contributed by atoms with Gasteiger partial charge >= 0.3 is 121 Å². The molecule has 1 heterocycles. The Morgan fingerprint density at radius 3 is 2.35 bits per heavy atom. The third kappa shape index (κ3) is 3.03. The summed E-state index contributed by atoms with van der Waals surface area (Å²) in [4.78, 5) is 22.5. The van der Waals surface area contributed by atoms with Crippen molar-refractivity contribution in [2.75, 3.05) is 14.2 Å². The summed E-state index contributed by atoms with van der Waals surface area (Å²) in [6.07, 6.45) is -0.0829. The molecular weight excluding hydrogens is 327 g/mol. The number of methoxy groups -OCH3 is 2. The van der Waals surface area contributed by atoms with Crippen LogP contribution in [0, 0.1) is 0 Å². The number of carboxylic acid groups (broad SMARTS) is 1. The van der Waals surface area contributed by atoms with Crippen LogP contribution in [0.1, 0.15) is 22.1 Å². The van der Waals surface area contributed by atoms with Gasteiger partial charge in [-0.25, -0.2) is 0 Å². The molecule has 0 bridgehead atoms. The number of ether oxygens (including phenoxy) is 2. The Kier molecular flexibility index (Phi) is 4.47. The SMILES string of the molecule is COc1cc2cc(C(=O)CCC(=O)O)[se]c2cc1OC. The number of ketones is 1. The Morgan fingerprint density at radius 1 is 1.10 bits per heavy atom. The third-order valence-electron chi connectivity index (χ3n) is 2.86. The van der Waals surface area contributed by atoms with Gasteiger partial charge < -0.3 is 0 Å². The number of benzene rings is 1. The second-order valence-electron chi connectivity index (χ2n) is 4.17. The topological polar surface area (TPSA) is 72.8 Å². The van der Waals surface area contributed by atoms with E-state index < -0.39 is 5.97 Å². The minimum atomic E-state index is -0.953. The summed E-state index contributed by atoms with van der Waals surface area (Å²) in [7, 11) is 3.13. The molecule has 2 rings (SSSR count). The number of Topliss-reactive ketones (excluding diaryl/α,β-unsaturated/α-hetero) is 1. The van der Waals surface area contributed by atoms with Crippen molar-refractivity contribution in [2.45, 2.75) is 12.8 Å². The predicted molar refractivity (Wildman–Crippen MR) is 75.2 cm³/mol. The number of rotatable bonds is 6. The van der Waals surface area contributed by atoms with Crippen LogP contribution in [0.5, 0.6) is 11.5 Å². The van der Waals surface area contributed by atoms with Crippen LogP contribution >= 0.6 is 0 Å². The van der Waals surface area contributed by atoms with E-state index in [0.717, 1.165) is 9.65 Å². The molecule has 0 spiro atoms. The molecule has 20 heavy (non-hydrogen) atoms. The first kappa shape index (κ1) is 14.6. The molecule has 5 nitrogen and oxygen atoms in total. The van der Waals surface area contributed by atoms with Crippen LogP contribution in [0.2, 0.25) is 0 Å². The van der Waals surface area contributed by atoms with E-state index in [9.17, 15) is 9.59 Å². The Bertz CT molecular complexity index is 618. The van der Waals surface area contributed by atoms with Gasteiger partial charge in [0.1, 0.15) is 0 Å². The Hall–Kier alpha value is -1.78. The van der Waals surface area contributed by atoms with Crippen molar-refractivity contribution in [1.29, 1.82) is 0 Å². The molecule has 6 heteroatoms. The molecule has 1 N–H and O–H groups in total. The van der Waals surface area contributed by atoms with E-state index in [2.05, 4.69) is 0 Å². The van der Waals surface area contributed by atoms with Gasteiger partial charge in [0.05, 0.1) is 0 Å². The van der Waals surface area contributed by atoms with Crippen LogP contribution in [-0.2, 0) is 4.79 Å². The van der Waals surface area contributed by atoms with Crippen molar-refractivity contribution in [3.63, 3.8) is 0 Å². The molecule has 0 aliphatic carbocycles. The molecule has 0 unspecified atom stereocenters. The van der Waals surface area contributed by atoms with Crippen LogP contribution in [0.3, 0.4) is 0 Å². The Balaban J connectivity index is 2.33. The van der Waals surface area contributed by atoms with Crippen molar-refractivity contribution in [1.82, 2.24) is 0 Å². The molecule has 0 aliphatic rings. The Morgan fingerprint density at radius 2 is 1.75 bits per heavy atom. The van der Waals surface area contributed by atoms with Crippen molar-refractivity contribution < 1.29 is 24.2 Å². The molecular formula is C14H14O5Se. The van der Waals surface area contributed by atoms with Crippen LogP contribution in [0.25, 0.3) is 9.65 Å². The first-order chi connectivity index (χ1) is 9.55. The van der Waals surface area contributed by atoms with Gasteiger partial charge in [-0.3, -0.25) is 0 Å². The van der Waals surface area contributed by atoms with Crippen molar-refractivity contribution >= 4 is 35.9 Å². The summed E-state index contributed by atoms with van der Waals surface area (Å²) in [5, 5.41) is 9.56. The number of fused-ring (bicyclic) bond motifs is 1. The normalized spacial score (nSPS) is 10.5. The third-order valence-corrected chi connectivity index (χ3v) is 5.25. The second-order valence-corrected chi connectivity index (χ2v) is 6.45. The molecule has 0 fully saturated rings. The summed E-state index contributed by atoms with van der Waals surface area (Å²) < 4.78 is 12.2. The van der Waals surface area contributed by atoms with Crippen molar-refractivity contribution in [2.24, 2.45) is 0 Å². The first-order valence-electron chi connectivity index (χ1n) is 5.95. The molecule has 106 valence electrons. The number of carbonyl (C=O) groups excluding carboxylic acids is 1. The van der Waals surface area contributed by atoms with E-state index >= 15 is 0 Å². The van der Waals surface area contributed by atoms with Gasteiger partial charge in [-0.05, 0) is 0 Å². The number of hydrogen-bond acceptors (Lipinski definition) is 4. The number of carbonyl (C=O) groups is 2. The fraction of sp³-hybridized carbons (Fsp3) is 0.286. The van der Waals surface area contributed by atoms with Crippen molar-refractivity contribution in [3.05, 3.63) is 22.6 Å². The van der Waals surface area contributed by atoms with Crippen LogP contribution in [0.15, 0.2) is 18.2 Å². The number of aliphatic carboxylic acids is 1. The van der Waals surface area contributed by atoms with Crippen molar-refractivity contribution in [3.8, 4) is 11.5 Å². The van der Waals surface area contributed by atoms with E-state index in [-0.39, 0.29) is 33.1 Å². The fourth-order valence-electron chi connectivity index (χ4n) is 1.85. The number of hydrogen-bond donors (Lipinski definition) is 1. The standard InChI is InChI=1S/C14H14O5Se/c1-18-10-5-8-6-13(9(15)3-4-14(16)17)20-12(8)7-11(10)19-2/h5-7H,3-4H2,1-2H3,(H,16,17). The van der Waals surface area contributed by atoms with E-state index in [4.69, 9.17) is 14.6 Å². The van der Waals surface area contributed by atoms with Crippen LogP contribution in [-0.4, -0.2) is 45.6 Å². The zero-order valence-corrected chi connectivity index (χ0v) is 12.8. The summed E-state index contributed by atoms with van der Waals surface area (Å²) >= 11 is -0.107. The molecule has 0 atom stereocenters. The fourth-order valence-corrected chi connectivity index (χ4v) is 4.03. The maximum atomic E-state index is 11.9. The minimum absolute atomic E-state index is 0.0468. The first-order valence-corrected chi connectivity index (χ1v) is 7.67. The second kappa shape index (κ2) is 6.11. The van der Waals surface area contributed by atoms with Gasteiger partial charge in [-0.1, -0.05) is 0 Å². The van der Waals surface area contributed by atoms with Gasteiger partial charge in [0, 0.05) is 0 Å². The average molecular weight is 341 g/mol. The van der Waals surface area contributed by atoms with E-state index in [1.807, 2.05) is 18.2 Å². The molecule has 1 aromatic heterocycles. The summed E-state index contributed by atoms with van der Waals surface area (Å²) in [5.41, 5.74) is 0. The molecule has 0 aliphatic heterocycles. The monoisotopic (exact) mass is 342 g/mol. The summed E-state index contributed by atoms with van der Waals surface area (Å²) in [6.45, 7) is 0. The van der Waals surface area contributed by atoms with Gasteiger partial charge in [0.25, 0.3) is 0 Å². The molecule has 0 saturated heterocycles. The zero-order chi connectivity index (χ0) is 14.7. The quantitative estimate of drug-likeness (QED) is 0.642. The average Bonchev–Trinajstić information content (AvgIpc) is 2.85. The van der Waals surface area contributed by atoms with Gasteiger partial charge in [0.15, 0.2) is 0 Å². The van der Waals surface area contributed by atoms with E-state index in [0.29, 0.717) is 15.9 Å². The molecule has 1 aromatic carbocycles. The zero-order valence-electron chi connectivity index (χ0n) is 11.1. The molecule has 2 aromatic rings. The number of carboxylic acids is 1.